The Kier molecular flexibility index (Phi) is 37.4. The Morgan fingerprint density at radius 2 is 0.953 bits per heavy atom. The molecule has 129 heavy (non-hydrogen) atoms. The molecule has 10 aromatic rings. The number of nitrogens with one attached hydrogen (secondary N) is 4. The van der Waals surface area contributed by atoms with Gasteiger partial charge in [-0.25, -0.2) is 62.3 Å². The number of nitrogens with two attached hydrogens (primary N) is 3. The molecule has 66 heteroatoms. The van der Waals surface area contributed by atoms with Gasteiger partial charge in [0.15, 0.2) is 34.8 Å². The topological polar surface area (TPSA) is 829 Å². The van der Waals surface area contributed by atoms with Gasteiger partial charge in [-0.05, 0) is 108 Å². The minimum atomic E-state index is -5.95. The number of aryl methyl sites for hydroxylation is 1. The Balaban J connectivity index is 0.000000333. The number of carboxylic acids is 2. The fourth-order valence-corrected chi connectivity index (χ4v) is 19.2. The van der Waals surface area contributed by atoms with E-state index in [2.05, 4.69) is 120 Å². The van der Waals surface area contributed by atoms with Crippen LogP contribution >= 0.6 is 81.7 Å². The van der Waals surface area contributed by atoms with Crippen LogP contribution in [0.4, 0.5) is 29.5 Å². The van der Waals surface area contributed by atoms with E-state index >= 15 is 0 Å². The Hall–Kier alpha value is -7.56. The van der Waals surface area contributed by atoms with Crippen molar-refractivity contribution in [2.24, 2.45) is 5.73 Å². The number of carboxylic acid groups (broad SMARTS) is 2. The number of rotatable bonds is 40. The molecule has 0 saturated carbocycles. The summed E-state index contributed by atoms with van der Waals surface area (Å²) in [6, 6.07) is 21.3. The molecule has 2 aliphatic heterocycles. The third-order valence-corrected chi connectivity index (χ3v) is 26.2. The molecule has 0 radical (unpaired) electrons. The summed E-state index contributed by atoms with van der Waals surface area (Å²) >= 11 is 17.2. The van der Waals surface area contributed by atoms with Crippen molar-refractivity contribution in [3.05, 3.63) is 139 Å². The van der Waals surface area contributed by atoms with Gasteiger partial charge >= 0.3 is 96.3 Å². The second kappa shape index (κ2) is 45.9. The van der Waals surface area contributed by atoms with Crippen molar-refractivity contribution in [2.45, 2.75) is 89.4 Å². The number of carbonyl (C=O) groups excluding carboxylic acids is 2. The van der Waals surface area contributed by atoms with Crippen LogP contribution in [0.2, 0.25) is 15.9 Å². The number of aliphatic hydroxyl groups is 4. The van der Waals surface area contributed by atoms with E-state index in [0.717, 1.165) is 45.5 Å². The number of imidazole rings is 2. The van der Waals surface area contributed by atoms with Gasteiger partial charge in [0.1, 0.15) is 42.4 Å². The zero-order valence-corrected chi connectivity index (χ0v) is 76.4. The number of aromatic amines is 2. The number of hydrogen-bond donors (Lipinski definition) is 17. The molecule has 0 spiro atoms. The van der Waals surface area contributed by atoms with Gasteiger partial charge in [0.05, 0.1) is 85.2 Å². The predicted octanol–water partition coefficient (Wildman–Crippen LogP) is 0.100. The number of nitrogen functional groups attached to an aromatic ring is 2. The van der Waals surface area contributed by atoms with E-state index in [-0.39, 0.29) is 131 Å². The summed E-state index contributed by atoms with van der Waals surface area (Å²) in [7, 11) is -33.5. The van der Waals surface area contributed by atoms with Gasteiger partial charge in [0, 0.05) is 51.4 Å². The van der Waals surface area contributed by atoms with Crippen LogP contribution < -0.4 is 49.2 Å². The number of hydrogen-bond acceptors (Lipinski definition) is 46. The van der Waals surface area contributed by atoms with Crippen LogP contribution in [0.5, 0.6) is 0 Å². The molecule has 698 valence electrons. The van der Waals surface area contributed by atoms with Crippen molar-refractivity contribution < 1.29 is 191 Å². The molecule has 0 aliphatic carbocycles. The third kappa shape index (κ3) is 30.5. The quantitative estimate of drug-likeness (QED) is 0.0179. The van der Waals surface area contributed by atoms with E-state index in [1.807, 2.05) is 31.2 Å². The summed E-state index contributed by atoms with van der Waals surface area (Å²) in [6.45, 7) is 2.80. The average Bonchev–Trinajstić information content (AvgIpc) is 1.61. The molecule has 1 aromatic carbocycles. The van der Waals surface area contributed by atoms with Gasteiger partial charge in [0.25, 0.3) is 11.1 Å². The molecule has 0 amide bonds. The van der Waals surface area contributed by atoms with Gasteiger partial charge in [-0.2, -0.15) is 47.1 Å². The number of fused-ring (bicyclic) bond motifs is 2. The SMILES string of the molecule is CCN(CC)Cc1cccc(-c2cc(-c3ccc(Nc4nc(Cl)nc(NCCOP(=O)(O)OP(=O)(O)OP(=O)(O)OC[C@H]5O[C@@H](n6cnc7c(=O)[nH]c(N)nc76)[C@@H](O)C5O)n4)cc3)cc(-c3cccc(CN(CC(=O)[O-])CC(=O)[O-])n3)n2)n1.CCc1nc(Cl)nc(Cl)n1.NCCOP(=O)(O)OP(=O)(O)OP(=O)(O)OC[C@H]1O[C@@H](n2cnc3c(=O)[nH]c(N)nc32)[C@@H](O)C1O.[Eu+3]. The number of aliphatic carboxylic acids is 2. The van der Waals surface area contributed by atoms with Gasteiger partial charge in [-0.15, -0.1) is 0 Å². The normalized spacial score (nSPS) is 20.2. The van der Waals surface area contributed by atoms with E-state index < -0.39 is 159 Å². The first-order chi connectivity index (χ1) is 60.2. The number of pyridine rings is 3. The number of phosphoric ester groups is 4. The van der Waals surface area contributed by atoms with E-state index in [1.54, 1.807) is 48.5 Å². The monoisotopic (exact) mass is 2130 g/mol. The molecule has 9 aromatic heterocycles. The molecule has 2 saturated heterocycles. The van der Waals surface area contributed by atoms with Crippen LogP contribution in [0.3, 0.4) is 0 Å². The minimum Gasteiger partial charge on any atom is -0.549 e. The maximum absolute atomic E-state index is 12.6. The molecule has 12 rings (SSSR count). The fourth-order valence-electron chi connectivity index (χ4n) is 11.6. The number of ether oxygens (including phenoxy) is 2. The molecule has 11 heterocycles. The first-order valence-electron chi connectivity index (χ1n) is 36.7. The Bertz CT molecular complexity index is 6030. The summed E-state index contributed by atoms with van der Waals surface area (Å²) in [6.07, 6.45) is -10.2. The van der Waals surface area contributed by atoms with E-state index in [1.165, 1.54) is 0 Å². The number of aliphatic hydroxyl groups excluding tert-OH is 4. The van der Waals surface area contributed by atoms with Crippen molar-refractivity contribution in [1.82, 2.24) is 93.7 Å². The van der Waals surface area contributed by atoms with Crippen molar-refractivity contribution in [2.75, 3.05) is 87.8 Å². The van der Waals surface area contributed by atoms with Crippen LogP contribution in [0.1, 0.15) is 50.4 Å². The molecule has 0 bridgehead atoms. The van der Waals surface area contributed by atoms with Crippen molar-refractivity contribution in [3.8, 4) is 33.9 Å². The fraction of sp³-hybridized carbons (Fsp3) is 0.381. The van der Waals surface area contributed by atoms with Gasteiger partial charge < -0.3 is 107 Å². The molecule has 14 atom stereocenters. The van der Waals surface area contributed by atoms with Crippen LogP contribution in [0, 0.1) is 49.4 Å². The standard InChI is InChI=1S/C46H53ClN15O18P3.C12H21N6O14P3.C5H5Cl2N3.Eu/c1-3-60(4-2)19-28-7-5-9-30(51-28)32-17-26(18-33(54-32)31-10-6-8-29(52-31)20-61(21-35(63)64)22-36(65)66)25-11-13-27(14-12-25)53-46-58-43(47)57-45(59-46)49-15-16-76-81(70,71)79-83(74,75)80-82(72,73)77-23-34-38(67)39(68)42(78-34)62-24-50-37-40(62)55-44(48)56-41(37)69;13-1-2-28-33(22,23)31-35(26,27)32-34(24,25)29-3-5-7(19)8(20)11(30-5)18-4-15-6-9(18)16-12(14)17-10(6)21;1-2-3-8-4(6)10-5(7)9-3;/h5-14,17-18,24,34,38-39,42,67-68H,3-4,15-16,19-23H2,1-2H3,(H,63,64)(H,65,66)(H,70,71)(H,72,73)(H,74,75)(H3,48,55,56,69)(H2,49,53,57,58,59);4-5,7-8,11,19-20H,1-3,13H2,(H,22,23)(H,24,25)(H,26,27)(H3,14,16,17,21);2H2,1H3;/q;;;+3/p-2/t34-,38?,39+,42-;5-,7?,8+,11-;;/m11../s1. The van der Waals surface area contributed by atoms with Crippen LogP contribution in [0.25, 0.3) is 56.2 Å². The average molecular weight is 2130 g/mol. The number of carbonyl (C=O) groups is 2. The molecule has 56 nitrogen and oxygen atoms in total. The second-order valence-corrected chi connectivity index (χ2v) is 36.6. The Labute approximate surface area is 780 Å². The largest absolute Gasteiger partial charge is 3.00 e. The third-order valence-electron chi connectivity index (χ3n) is 17.1. The van der Waals surface area contributed by atoms with Crippen molar-refractivity contribution >= 4 is 145 Å². The Morgan fingerprint density at radius 3 is 1.39 bits per heavy atom. The van der Waals surface area contributed by atoms with Crippen molar-refractivity contribution in [1.29, 1.82) is 0 Å². The molecule has 8 unspecified atom stereocenters. The molecular weight excluding hydrogens is 2050 g/mol. The number of halogens is 3. The van der Waals surface area contributed by atoms with Crippen LogP contribution in [-0.4, -0.2) is 258 Å². The minimum absolute atomic E-state index is 0. The van der Waals surface area contributed by atoms with Crippen LogP contribution in [0.15, 0.2) is 95.0 Å². The number of phosphoric acid groups is 6. The summed E-state index contributed by atoms with van der Waals surface area (Å²) in [5, 5.41) is 70.2. The zero-order chi connectivity index (χ0) is 93.5. The van der Waals surface area contributed by atoms with E-state index in [9.17, 15) is 107 Å². The maximum atomic E-state index is 12.6. The van der Waals surface area contributed by atoms with Crippen LogP contribution in [-0.2, 0) is 101 Å². The van der Waals surface area contributed by atoms with Gasteiger partial charge in [-0.3, -0.25) is 56.6 Å². The van der Waals surface area contributed by atoms with Gasteiger partial charge in [0.2, 0.25) is 39.6 Å². The number of nitrogens with zero attached hydrogens (tertiary/aromatic N) is 17. The summed E-state index contributed by atoms with van der Waals surface area (Å²) in [5.41, 5.74) is 19.1. The maximum Gasteiger partial charge on any atom is 3.00 e. The predicted molar refractivity (Wildman–Crippen MR) is 437 cm³/mol. The zero-order valence-electron chi connectivity index (χ0n) is 66.4. The van der Waals surface area contributed by atoms with E-state index in [4.69, 9.17) is 81.0 Å². The number of H-pyrrole nitrogens is 2. The Morgan fingerprint density at radius 1 is 0.527 bits per heavy atom. The smallest absolute Gasteiger partial charge is 0.549 e. The first kappa shape index (κ1) is 105. The van der Waals surface area contributed by atoms with Crippen molar-refractivity contribution in [3.63, 3.8) is 0 Å². The van der Waals surface area contributed by atoms with E-state index in [0.29, 0.717) is 64.1 Å². The number of benzene rings is 1. The molecule has 2 aliphatic rings. The summed E-state index contributed by atoms with van der Waals surface area (Å²) < 4.78 is 120. The number of aromatic nitrogens is 17. The second-order valence-electron chi connectivity index (χ2n) is 26.4. The summed E-state index contributed by atoms with van der Waals surface area (Å²) in [4.78, 5) is 167. The number of anilines is 5. The summed E-state index contributed by atoms with van der Waals surface area (Å²) in [5.74, 6) is -3.14. The molecule has 2 fully saturated rings. The molecule has 20 N–H and O–H groups in total. The van der Waals surface area contributed by atoms with Gasteiger partial charge in [-0.1, -0.05) is 45.0 Å². The molecular formula is C63H77Cl3EuN24O32P6+. The first-order valence-corrected chi connectivity index (χ1v) is 46.8.